The molecule has 5 heterocycles. The molecule has 0 aliphatic carbocycles. The molecule has 0 bridgehead atoms. The van der Waals surface area contributed by atoms with Crippen molar-refractivity contribution in [3.05, 3.63) is 47.0 Å². The molecule has 3 fully saturated rings. The number of fused-ring (bicyclic) bond motifs is 1. The van der Waals surface area contributed by atoms with Crippen LogP contribution in [0.15, 0.2) is 42.2 Å². The van der Waals surface area contributed by atoms with Crippen LogP contribution in [-0.2, 0) is 46.2 Å². The van der Waals surface area contributed by atoms with Crippen molar-refractivity contribution in [3.63, 3.8) is 0 Å². The maximum Gasteiger partial charge on any atom is 0.410 e. The second-order valence-electron chi connectivity index (χ2n) is 18.8. The summed E-state index contributed by atoms with van der Waals surface area (Å²) in [5.74, 6) is -3.35. The van der Waals surface area contributed by atoms with E-state index in [1.54, 1.807) is 35.3 Å². The maximum atomic E-state index is 15.1. The molecule has 18 heteroatoms. The number of Topliss-reactive ketones (excluding diaryl/α,β-unsaturated/α-hetero) is 1. The molecule has 6 rings (SSSR count). The summed E-state index contributed by atoms with van der Waals surface area (Å²) in [6, 6.07) is 6.37. The normalized spacial score (nSPS) is 34.5. The van der Waals surface area contributed by atoms with Crippen molar-refractivity contribution in [2.45, 2.75) is 154 Å². The molecule has 3 aliphatic rings. The maximum absolute atomic E-state index is 15.1. The number of aliphatic hydroxyl groups is 1. The minimum atomic E-state index is -1.28. The van der Waals surface area contributed by atoms with Crippen LogP contribution in [0.3, 0.4) is 0 Å². The lowest BCUT2D eigenvalue weighted by Gasteiger charge is -2.46. The van der Waals surface area contributed by atoms with Crippen molar-refractivity contribution in [3.8, 4) is 11.3 Å². The fourth-order valence-corrected chi connectivity index (χ4v) is 10.7. The fourth-order valence-electron chi connectivity index (χ4n) is 10.1. The van der Waals surface area contributed by atoms with Gasteiger partial charge in [-0.15, -0.1) is 16.4 Å². The Morgan fingerprint density at radius 2 is 1.86 bits per heavy atom. The number of hydrogen-bond acceptors (Lipinski definition) is 16. The number of aromatic nitrogens is 4. The Hall–Kier alpha value is -4.04. The number of amides is 1. The van der Waals surface area contributed by atoms with Gasteiger partial charge in [-0.05, 0) is 98.5 Å². The number of nitrogens with two attached hydrogens (primary N) is 1. The van der Waals surface area contributed by atoms with Crippen molar-refractivity contribution in [2.24, 2.45) is 17.8 Å². The molecule has 13 atom stereocenters. The van der Waals surface area contributed by atoms with E-state index >= 15 is 4.79 Å². The van der Waals surface area contributed by atoms with Gasteiger partial charge in [0.05, 0.1) is 35.6 Å². The molecule has 0 spiro atoms. The van der Waals surface area contributed by atoms with Crippen molar-refractivity contribution in [2.75, 3.05) is 40.0 Å². The Labute approximate surface area is 381 Å². The summed E-state index contributed by atoms with van der Waals surface area (Å²) in [6.45, 7) is 14.9. The van der Waals surface area contributed by atoms with Crippen LogP contribution in [0.2, 0.25) is 0 Å². The molecule has 0 radical (unpaired) electrons. The van der Waals surface area contributed by atoms with E-state index in [-0.39, 0.29) is 30.5 Å². The highest BCUT2D eigenvalue weighted by Crippen LogP contribution is 2.40. The Kier molecular flexibility index (Phi) is 16.3. The molecular weight excluding hydrogens is 841 g/mol. The highest BCUT2D eigenvalue weighted by Gasteiger charge is 2.59. The monoisotopic (exact) mass is 910 g/mol. The van der Waals surface area contributed by atoms with Crippen LogP contribution >= 0.6 is 11.3 Å². The number of carbonyl (C=O) groups is 3. The number of ether oxygens (including phenoxy) is 5. The van der Waals surface area contributed by atoms with Crippen molar-refractivity contribution < 1.29 is 43.2 Å². The average Bonchev–Trinajstić information content (AvgIpc) is 4.01. The molecule has 17 nitrogen and oxygen atoms in total. The minimum Gasteiger partial charge on any atom is -0.457 e. The predicted octanol–water partition coefficient (Wildman–Crippen LogP) is 4.96. The van der Waals surface area contributed by atoms with Crippen LogP contribution in [0.25, 0.3) is 11.3 Å². The van der Waals surface area contributed by atoms with E-state index < -0.39 is 71.5 Å². The van der Waals surface area contributed by atoms with Crippen LogP contribution in [0.5, 0.6) is 0 Å². The van der Waals surface area contributed by atoms with E-state index in [1.165, 1.54) is 11.3 Å². The number of likely N-dealkylation sites (N-methyl/N-ethyl adjacent to an activating group) is 1. The number of methoxy groups -OCH3 is 1. The number of nitrogens with zero attached hydrogens (tertiary/aromatic N) is 6. The van der Waals surface area contributed by atoms with Gasteiger partial charge in [0.1, 0.15) is 23.8 Å². The number of anilines is 1. The number of nitrogens with one attached hydrogen (secondary N) is 1. The van der Waals surface area contributed by atoms with Gasteiger partial charge in [0.25, 0.3) is 0 Å². The zero-order valence-electron chi connectivity index (χ0n) is 39.1. The summed E-state index contributed by atoms with van der Waals surface area (Å²) in [4.78, 5) is 52.5. The molecule has 2 aromatic heterocycles. The van der Waals surface area contributed by atoms with Crippen LogP contribution in [0.1, 0.15) is 85.4 Å². The quantitative estimate of drug-likeness (QED) is 0.0897. The number of esters is 1. The van der Waals surface area contributed by atoms with Gasteiger partial charge in [-0.1, -0.05) is 38.1 Å². The van der Waals surface area contributed by atoms with Crippen molar-refractivity contribution in [1.82, 2.24) is 35.1 Å². The Balaban J connectivity index is 1.29. The molecule has 64 heavy (non-hydrogen) atoms. The lowest BCUT2D eigenvalue weighted by molar-refractivity contribution is -0.295. The highest BCUT2D eigenvalue weighted by molar-refractivity contribution is 7.09. The molecule has 1 amide bonds. The van der Waals surface area contributed by atoms with E-state index in [0.29, 0.717) is 57.4 Å². The number of nitrogen functional groups attached to an aromatic ring is 1. The number of hydrogen-bond donors (Lipinski definition) is 3. The van der Waals surface area contributed by atoms with Crippen LogP contribution in [0, 0.1) is 17.8 Å². The number of ketones is 1. The first-order chi connectivity index (χ1) is 30.4. The Bertz CT molecular complexity index is 2020. The SMILES string of the molecule is CC[C@H]1OC(=O)[C@H](Cc2cncs2)C(=O)[C@H](C)[C@@H](O[C@@H]2O[C@H](C)CC(N(C)C)C2O)[C@](C)(OC)C[C@@H](C)CN[C@H](C)[C@H]2N(CCCCn3cc(-c4cccc(N)c4)nn3)C(=O)O[C@]12C. The standard InChI is InChI=1S/C46H70N8O9S/c1-11-37-46(7)40(54(44(58)63-46)18-13-12-17-53-25-35(50-51-53)31-15-14-16-32(47)20-31)30(5)49-23-27(2)22-45(6,59-10)41(62-43-39(56)36(52(8)9)19-28(3)60-43)29(4)38(55)34(42(57)61-37)21-33-24-48-26-64-33/h14-16,20,24-30,34,36-37,39-41,43,49,56H,11-13,17-19,21-23,47H2,1-10H3/t27-,28-,29+,30-,34-,36?,37-,39?,40-,41-,43+,45-,46-/m1/s1. The largest absolute Gasteiger partial charge is 0.457 e. The zero-order valence-corrected chi connectivity index (χ0v) is 40.0. The third-order valence-corrected chi connectivity index (χ3v) is 14.4. The van der Waals surface area contributed by atoms with Crippen molar-refractivity contribution in [1.29, 1.82) is 0 Å². The van der Waals surface area contributed by atoms with E-state index in [0.717, 1.165) is 16.1 Å². The topological polar surface area (TPSA) is 206 Å². The summed E-state index contributed by atoms with van der Waals surface area (Å²) < 4.78 is 33.9. The Morgan fingerprint density at radius 1 is 1.11 bits per heavy atom. The van der Waals surface area contributed by atoms with E-state index in [4.69, 9.17) is 29.4 Å². The number of rotatable bonds is 13. The van der Waals surface area contributed by atoms with Gasteiger partial charge in [-0.25, -0.2) is 4.79 Å². The molecule has 4 N–H and O–H groups in total. The van der Waals surface area contributed by atoms with Gasteiger partial charge < -0.3 is 44.7 Å². The first-order valence-corrected chi connectivity index (χ1v) is 23.6. The smallest absolute Gasteiger partial charge is 0.410 e. The zero-order chi connectivity index (χ0) is 46.5. The van der Waals surface area contributed by atoms with Crippen LogP contribution < -0.4 is 11.1 Å². The Morgan fingerprint density at radius 3 is 2.53 bits per heavy atom. The van der Waals surface area contributed by atoms with Gasteiger partial charge in [0.2, 0.25) is 0 Å². The average molecular weight is 911 g/mol. The molecule has 3 aliphatic heterocycles. The van der Waals surface area contributed by atoms with E-state index in [9.17, 15) is 14.7 Å². The summed E-state index contributed by atoms with van der Waals surface area (Å²) >= 11 is 1.34. The van der Waals surface area contributed by atoms with Crippen LogP contribution in [-0.4, -0.2) is 147 Å². The highest BCUT2D eigenvalue weighted by atomic mass is 32.1. The molecule has 3 saturated heterocycles. The first-order valence-electron chi connectivity index (χ1n) is 22.7. The lowest BCUT2D eigenvalue weighted by Crippen LogP contribution is -2.61. The van der Waals surface area contributed by atoms with Crippen LogP contribution in [0.4, 0.5) is 10.5 Å². The molecular formula is C46H70N8O9S. The molecule has 0 saturated carbocycles. The van der Waals surface area contributed by atoms with Gasteiger partial charge in [-0.2, -0.15) is 0 Å². The van der Waals surface area contributed by atoms with Gasteiger partial charge in [-0.3, -0.25) is 24.2 Å². The number of aliphatic hydroxyl groups excluding tert-OH is 1. The van der Waals surface area contributed by atoms with Gasteiger partial charge in [0, 0.05) is 66.9 Å². The van der Waals surface area contributed by atoms with Gasteiger partial charge in [0.15, 0.2) is 17.7 Å². The minimum absolute atomic E-state index is 0.0398. The van der Waals surface area contributed by atoms with Crippen molar-refractivity contribution >= 4 is 34.9 Å². The number of benzene rings is 1. The predicted molar refractivity (Wildman–Crippen MR) is 242 cm³/mol. The summed E-state index contributed by atoms with van der Waals surface area (Å²) in [7, 11) is 5.40. The summed E-state index contributed by atoms with van der Waals surface area (Å²) in [5, 5.41) is 24.0. The van der Waals surface area contributed by atoms with Gasteiger partial charge >= 0.3 is 12.1 Å². The third kappa shape index (κ3) is 11.0. The number of cyclic esters (lactones) is 1. The lowest BCUT2D eigenvalue weighted by atomic mass is 9.77. The first kappa shape index (κ1) is 49.4. The second kappa shape index (κ2) is 21.1. The third-order valence-electron chi connectivity index (χ3n) is 13.6. The van der Waals surface area contributed by atoms with E-state index in [1.807, 2.05) is 84.1 Å². The second-order valence-corrected chi connectivity index (χ2v) is 19.8. The molecule has 3 aromatic rings. The number of aryl methyl sites for hydroxylation is 1. The summed E-state index contributed by atoms with van der Waals surface area (Å²) in [5.41, 5.74) is 7.53. The number of carbonyl (C=O) groups excluding carboxylic acids is 3. The summed E-state index contributed by atoms with van der Waals surface area (Å²) in [6.07, 6.45) is 1.61. The fraction of sp³-hybridized carbons (Fsp3) is 0.696. The molecule has 354 valence electrons. The van der Waals surface area contributed by atoms with E-state index in [2.05, 4.69) is 27.5 Å². The number of unbranched alkanes of at least 4 members (excludes halogenated alkanes) is 1. The number of thiazole rings is 1. The molecule has 1 aromatic carbocycles. The molecule has 2 unspecified atom stereocenters.